The molecule has 1 amide bonds. The summed E-state index contributed by atoms with van der Waals surface area (Å²) in [5, 5.41) is 2.89. The molecule has 6 nitrogen and oxygen atoms in total. The molecule has 1 fully saturated rings. The van der Waals surface area contributed by atoms with Gasteiger partial charge in [0.05, 0.1) is 39.0 Å². The fourth-order valence-electron chi connectivity index (χ4n) is 3.05. The van der Waals surface area contributed by atoms with Gasteiger partial charge in [0.2, 0.25) is 0 Å². The standard InChI is InChI=1S/C19H23N3O3/c1-15(23)16-4-6-17(7-5-16)22-10-8-21(9-11-22)14-19(24)20-13-18-3-2-12-25-18/h2-7,12H,8-11,13-14H2,1H3,(H,20,24)/p+1. The molecule has 0 unspecified atom stereocenters. The minimum Gasteiger partial charge on any atom is -0.467 e. The summed E-state index contributed by atoms with van der Waals surface area (Å²) in [4.78, 5) is 27.0. The highest BCUT2D eigenvalue weighted by atomic mass is 16.3. The van der Waals surface area contributed by atoms with Gasteiger partial charge in [-0.25, -0.2) is 0 Å². The van der Waals surface area contributed by atoms with Crippen LogP contribution in [0.2, 0.25) is 0 Å². The van der Waals surface area contributed by atoms with Crippen LogP contribution in [0.4, 0.5) is 5.69 Å². The van der Waals surface area contributed by atoms with Crippen molar-refractivity contribution in [2.24, 2.45) is 0 Å². The number of hydrogen-bond acceptors (Lipinski definition) is 4. The van der Waals surface area contributed by atoms with Crippen molar-refractivity contribution in [3.05, 3.63) is 54.0 Å². The molecule has 3 rings (SSSR count). The Bertz CT molecular complexity index is 702. The van der Waals surface area contributed by atoms with Crippen molar-refractivity contribution in [3.8, 4) is 0 Å². The van der Waals surface area contributed by atoms with Gasteiger partial charge in [0.15, 0.2) is 12.3 Å². The summed E-state index contributed by atoms with van der Waals surface area (Å²) in [6.07, 6.45) is 1.61. The predicted octanol–water partition coefficient (Wildman–Crippen LogP) is 0.504. The van der Waals surface area contributed by atoms with Gasteiger partial charge >= 0.3 is 0 Å². The van der Waals surface area contributed by atoms with Crippen LogP contribution in [0.3, 0.4) is 0 Å². The first-order valence-electron chi connectivity index (χ1n) is 8.60. The second-order valence-electron chi connectivity index (χ2n) is 6.37. The van der Waals surface area contributed by atoms with Crippen LogP contribution in [0.15, 0.2) is 47.1 Å². The maximum absolute atomic E-state index is 12.0. The number of furan rings is 1. The topological polar surface area (TPSA) is 67.0 Å². The molecule has 25 heavy (non-hydrogen) atoms. The van der Waals surface area contributed by atoms with Gasteiger partial charge in [-0.2, -0.15) is 0 Å². The van der Waals surface area contributed by atoms with E-state index in [0.29, 0.717) is 13.1 Å². The second kappa shape index (κ2) is 7.98. The minimum atomic E-state index is 0.0469. The fraction of sp³-hybridized carbons (Fsp3) is 0.368. The Labute approximate surface area is 147 Å². The summed E-state index contributed by atoms with van der Waals surface area (Å²) in [7, 11) is 0. The van der Waals surface area contributed by atoms with Crippen molar-refractivity contribution in [1.29, 1.82) is 0 Å². The predicted molar refractivity (Wildman–Crippen MR) is 94.8 cm³/mol. The number of quaternary nitrogens is 1. The third kappa shape index (κ3) is 4.70. The third-order valence-corrected chi connectivity index (χ3v) is 4.56. The lowest BCUT2D eigenvalue weighted by Crippen LogP contribution is -3.15. The van der Waals surface area contributed by atoms with Crippen LogP contribution in [0.1, 0.15) is 23.0 Å². The number of benzene rings is 1. The van der Waals surface area contributed by atoms with Gasteiger partial charge < -0.3 is 19.5 Å². The average molecular weight is 342 g/mol. The molecule has 2 N–H and O–H groups in total. The smallest absolute Gasteiger partial charge is 0.275 e. The molecular formula is C19H24N3O3+. The maximum Gasteiger partial charge on any atom is 0.275 e. The summed E-state index contributed by atoms with van der Waals surface area (Å²) in [5.74, 6) is 0.897. The van der Waals surface area contributed by atoms with Gasteiger partial charge in [0.1, 0.15) is 5.76 Å². The van der Waals surface area contributed by atoms with Crippen LogP contribution >= 0.6 is 0 Å². The number of ketones is 1. The van der Waals surface area contributed by atoms with Crippen molar-refractivity contribution in [3.63, 3.8) is 0 Å². The van der Waals surface area contributed by atoms with Crippen molar-refractivity contribution in [1.82, 2.24) is 5.32 Å². The van der Waals surface area contributed by atoms with E-state index in [4.69, 9.17) is 4.42 Å². The number of rotatable bonds is 6. The molecule has 2 heterocycles. The van der Waals surface area contributed by atoms with E-state index in [0.717, 1.165) is 43.2 Å². The zero-order valence-corrected chi connectivity index (χ0v) is 14.5. The van der Waals surface area contributed by atoms with Crippen molar-refractivity contribution >= 4 is 17.4 Å². The number of carbonyl (C=O) groups is 2. The van der Waals surface area contributed by atoms with Crippen molar-refractivity contribution in [2.75, 3.05) is 37.6 Å². The van der Waals surface area contributed by atoms with Crippen molar-refractivity contribution in [2.45, 2.75) is 13.5 Å². The number of carbonyl (C=O) groups excluding carboxylic acids is 2. The number of hydrogen-bond donors (Lipinski definition) is 2. The van der Waals surface area contributed by atoms with Gasteiger partial charge in [-0.3, -0.25) is 9.59 Å². The SMILES string of the molecule is CC(=O)c1ccc(N2CC[NH+](CC(=O)NCc3ccco3)CC2)cc1. The first-order chi connectivity index (χ1) is 12.1. The average Bonchev–Trinajstić information content (AvgIpc) is 3.14. The van der Waals surface area contributed by atoms with E-state index in [1.54, 1.807) is 13.2 Å². The Morgan fingerprint density at radius 1 is 1.16 bits per heavy atom. The third-order valence-electron chi connectivity index (χ3n) is 4.56. The Morgan fingerprint density at radius 3 is 2.48 bits per heavy atom. The van der Waals surface area contributed by atoms with E-state index in [1.807, 2.05) is 36.4 Å². The number of amides is 1. The second-order valence-corrected chi connectivity index (χ2v) is 6.37. The zero-order valence-electron chi connectivity index (χ0n) is 14.5. The molecule has 2 aromatic rings. The lowest BCUT2D eigenvalue weighted by atomic mass is 10.1. The highest BCUT2D eigenvalue weighted by molar-refractivity contribution is 5.94. The Hall–Kier alpha value is -2.60. The summed E-state index contributed by atoms with van der Waals surface area (Å²) < 4.78 is 5.21. The minimum absolute atomic E-state index is 0.0469. The van der Waals surface area contributed by atoms with Crippen LogP contribution in [0.5, 0.6) is 0 Å². The molecule has 1 aromatic carbocycles. The quantitative estimate of drug-likeness (QED) is 0.751. The molecule has 6 heteroatoms. The largest absolute Gasteiger partial charge is 0.467 e. The van der Waals surface area contributed by atoms with Gasteiger partial charge in [-0.1, -0.05) is 0 Å². The maximum atomic E-state index is 12.0. The Morgan fingerprint density at radius 2 is 1.88 bits per heavy atom. The molecule has 1 aliphatic rings. The number of Topliss-reactive ketones (excluding diaryl/α,β-unsaturated/α-hetero) is 1. The first kappa shape index (κ1) is 17.2. The van der Waals surface area contributed by atoms with Crippen LogP contribution in [-0.4, -0.2) is 44.4 Å². The molecule has 0 atom stereocenters. The summed E-state index contributed by atoms with van der Waals surface area (Å²) in [5.41, 5.74) is 1.87. The molecule has 1 aliphatic heterocycles. The number of anilines is 1. The van der Waals surface area contributed by atoms with Crippen LogP contribution in [-0.2, 0) is 11.3 Å². The molecule has 0 bridgehead atoms. The zero-order chi connectivity index (χ0) is 17.6. The van der Waals surface area contributed by atoms with Gasteiger partial charge in [-0.15, -0.1) is 0 Å². The van der Waals surface area contributed by atoms with Gasteiger partial charge in [0.25, 0.3) is 5.91 Å². The summed E-state index contributed by atoms with van der Waals surface area (Å²) in [6.45, 7) is 6.14. The van der Waals surface area contributed by atoms with E-state index >= 15 is 0 Å². The van der Waals surface area contributed by atoms with Crippen molar-refractivity contribution < 1.29 is 18.9 Å². The molecule has 1 saturated heterocycles. The van der Waals surface area contributed by atoms with Gasteiger partial charge in [-0.05, 0) is 43.3 Å². The van der Waals surface area contributed by atoms with Gasteiger partial charge in [0, 0.05) is 11.3 Å². The van der Waals surface area contributed by atoms with E-state index < -0.39 is 0 Å². The van der Waals surface area contributed by atoms with E-state index in [1.165, 1.54) is 4.90 Å². The fourth-order valence-corrected chi connectivity index (χ4v) is 3.05. The highest BCUT2D eigenvalue weighted by Gasteiger charge is 2.22. The highest BCUT2D eigenvalue weighted by Crippen LogP contribution is 2.15. The molecule has 0 spiro atoms. The molecular weight excluding hydrogens is 318 g/mol. The molecule has 0 radical (unpaired) electrons. The number of nitrogens with one attached hydrogen (secondary N) is 2. The van der Waals surface area contributed by atoms with E-state index in [-0.39, 0.29) is 11.7 Å². The number of piperazine rings is 1. The normalized spacial score (nSPS) is 15.2. The monoisotopic (exact) mass is 342 g/mol. The molecule has 132 valence electrons. The van der Waals surface area contributed by atoms with Crippen LogP contribution in [0, 0.1) is 0 Å². The lowest BCUT2D eigenvalue weighted by Gasteiger charge is -2.33. The molecule has 0 aliphatic carbocycles. The number of nitrogens with zero attached hydrogens (tertiary/aromatic N) is 1. The van der Waals surface area contributed by atoms with E-state index in [9.17, 15) is 9.59 Å². The summed E-state index contributed by atoms with van der Waals surface area (Å²) in [6, 6.07) is 11.4. The van der Waals surface area contributed by atoms with Crippen LogP contribution in [0.25, 0.3) is 0 Å². The first-order valence-corrected chi connectivity index (χ1v) is 8.60. The van der Waals surface area contributed by atoms with E-state index in [2.05, 4.69) is 10.2 Å². The lowest BCUT2D eigenvalue weighted by molar-refractivity contribution is -0.892. The Kier molecular flexibility index (Phi) is 5.50. The Balaban J connectivity index is 1.43. The summed E-state index contributed by atoms with van der Waals surface area (Å²) >= 11 is 0. The molecule has 0 saturated carbocycles. The molecule has 1 aromatic heterocycles. The van der Waals surface area contributed by atoms with Crippen LogP contribution < -0.4 is 15.1 Å².